The number of fused-ring (bicyclic) bond motifs is 2. The summed E-state index contributed by atoms with van der Waals surface area (Å²) in [4.78, 5) is 16.9. The Morgan fingerprint density at radius 2 is 2.12 bits per heavy atom. The van der Waals surface area contributed by atoms with Crippen molar-refractivity contribution in [3.63, 3.8) is 0 Å². The van der Waals surface area contributed by atoms with Gasteiger partial charge >= 0.3 is 0 Å². The summed E-state index contributed by atoms with van der Waals surface area (Å²) in [5.41, 5.74) is 1.03. The monoisotopic (exact) mass is 342 g/mol. The molecular weight excluding hydrogens is 320 g/mol. The number of carbonyl (C=O) groups is 1. The van der Waals surface area contributed by atoms with Crippen molar-refractivity contribution in [2.45, 2.75) is 18.9 Å². The SMILES string of the molecule is COc1ccccc1-c1ccc(C(=O)NC2CC3CCN(C3)C2)s1. The maximum atomic E-state index is 12.6. The van der Waals surface area contributed by atoms with Crippen LogP contribution in [0.25, 0.3) is 10.4 Å². The molecule has 2 aliphatic heterocycles. The summed E-state index contributed by atoms with van der Waals surface area (Å²) in [5, 5.41) is 3.23. The number of thiophene rings is 1. The number of carbonyl (C=O) groups excluding carboxylic acids is 1. The number of para-hydroxylation sites is 1. The van der Waals surface area contributed by atoms with Crippen LogP contribution in [0, 0.1) is 5.92 Å². The second-order valence-corrected chi connectivity index (χ2v) is 7.77. The average Bonchev–Trinajstić information content (AvgIpc) is 3.22. The van der Waals surface area contributed by atoms with Gasteiger partial charge < -0.3 is 15.0 Å². The third kappa shape index (κ3) is 3.06. The summed E-state index contributed by atoms with van der Waals surface area (Å²) in [5.74, 6) is 1.65. The van der Waals surface area contributed by atoms with E-state index in [1.165, 1.54) is 30.8 Å². The van der Waals surface area contributed by atoms with Gasteiger partial charge in [0.25, 0.3) is 5.91 Å². The van der Waals surface area contributed by atoms with E-state index in [2.05, 4.69) is 10.2 Å². The third-order valence-corrected chi connectivity index (χ3v) is 6.12. The summed E-state index contributed by atoms with van der Waals surface area (Å²) in [7, 11) is 1.67. The van der Waals surface area contributed by atoms with Crippen LogP contribution in [0.15, 0.2) is 36.4 Å². The number of hydrogen-bond donors (Lipinski definition) is 1. The Morgan fingerprint density at radius 1 is 1.25 bits per heavy atom. The van der Waals surface area contributed by atoms with Crippen LogP contribution in [0.5, 0.6) is 5.75 Å². The van der Waals surface area contributed by atoms with Crippen molar-refractivity contribution < 1.29 is 9.53 Å². The molecule has 1 aromatic carbocycles. The first-order valence-corrected chi connectivity index (χ1v) is 9.31. The van der Waals surface area contributed by atoms with E-state index in [-0.39, 0.29) is 11.9 Å². The van der Waals surface area contributed by atoms with Crippen molar-refractivity contribution >= 4 is 17.2 Å². The van der Waals surface area contributed by atoms with Crippen LogP contribution in [0.1, 0.15) is 22.5 Å². The average molecular weight is 342 g/mol. The van der Waals surface area contributed by atoms with Gasteiger partial charge in [-0.1, -0.05) is 12.1 Å². The lowest BCUT2D eigenvalue weighted by Crippen LogP contribution is -2.46. The maximum Gasteiger partial charge on any atom is 0.261 e. The maximum absolute atomic E-state index is 12.6. The molecule has 2 saturated heterocycles. The molecule has 5 heteroatoms. The number of methoxy groups -OCH3 is 1. The van der Waals surface area contributed by atoms with Crippen LogP contribution >= 0.6 is 11.3 Å². The second kappa shape index (κ2) is 6.57. The fourth-order valence-electron chi connectivity index (χ4n) is 3.87. The highest BCUT2D eigenvalue weighted by molar-refractivity contribution is 7.17. The highest BCUT2D eigenvalue weighted by Gasteiger charge is 2.33. The summed E-state index contributed by atoms with van der Waals surface area (Å²) >= 11 is 1.52. The van der Waals surface area contributed by atoms with Gasteiger partial charge in [0, 0.05) is 29.6 Å². The molecule has 1 amide bonds. The molecule has 24 heavy (non-hydrogen) atoms. The Kier molecular flexibility index (Phi) is 4.29. The van der Waals surface area contributed by atoms with Crippen LogP contribution in [0.2, 0.25) is 0 Å². The summed E-state index contributed by atoms with van der Waals surface area (Å²) in [6.07, 6.45) is 2.40. The van der Waals surface area contributed by atoms with E-state index in [1.807, 2.05) is 36.4 Å². The molecular formula is C19H22N2O2S. The molecule has 2 aromatic rings. The predicted molar refractivity (Wildman–Crippen MR) is 96.7 cm³/mol. The molecule has 4 rings (SSSR count). The zero-order chi connectivity index (χ0) is 16.5. The van der Waals surface area contributed by atoms with Crippen LogP contribution < -0.4 is 10.1 Å². The first-order valence-electron chi connectivity index (χ1n) is 8.49. The molecule has 0 radical (unpaired) electrons. The van der Waals surface area contributed by atoms with Crippen LogP contribution in [0.4, 0.5) is 0 Å². The Morgan fingerprint density at radius 3 is 2.96 bits per heavy atom. The first kappa shape index (κ1) is 15.7. The van der Waals surface area contributed by atoms with E-state index >= 15 is 0 Å². The number of amides is 1. The van der Waals surface area contributed by atoms with Crippen molar-refractivity contribution in [3.8, 4) is 16.2 Å². The Labute approximate surface area is 146 Å². The quantitative estimate of drug-likeness (QED) is 0.927. The molecule has 2 bridgehead atoms. The molecule has 1 aromatic heterocycles. The molecule has 1 N–H and O–H groups in total. The third-order valence-electron chi connectivity index (χ3n) is 5.00. The smallest absolute Gasteiger partial charge is 0.261 e. The van der Waals surface area contributed by atoms with E-state index in [4.69, 9.17) is 4.74 Å². The standard InChI is InChI=1S/C19H22N2O2S/c1-23-16-5-3-2-4-15(16)17-6-7-18(24-17)19(22)20-14-10-13-8-9-21(11-13)12-14/h2-7,13-14H,8-12H2,1H3,(H,20,22). The fourth-order valence-corrected chi connectivity index (χ4v) is 4.81. The summed E-state index contributed by atoms with van der Waals surface area (Å²) < 4.78 is 5.42. The van der Waals surface area contributed by atoms with Gasteiger partial charge in [-0.3, -0.25) is 4.79 Å². The molecule has 2 fully saturated rings. The van der Waals surface area contributed by atoms with E-state index in [0.29, 0.717) is 0 Å². The molecule has 3 atom stereocenters. The number of benzene rings is 1. The molecule has 0 spiro atoms. The molecule has 0 aliphatic carbocycles. The number of ether oxygens (including phenoxy) is 1. The Hall–Kier alpha value is -1.85. The lowest BCUT2D eigenvalue weighted by molar-refractivity contribution is 0.0913. The van der Waals surface area contributed by atoms with Crippen LogP contribution in [-0.4, -0.2) is 43.6 Å². The van der Waals surface area contributed by atoms with E-state index in [0.717, 1.165) is 40.0 Å². The lowest BCUT2D eigenvalue weighted by Gasteiger charge is -2.30. The molecule has 2 aliphatic rings. The molecule has 3 unspecified atom stereocenters. The van der Waals surface area contributed by atoms with E-state index in [9.17, 15) is 4.79 Å². The minimum atomic E-state index is 0.0497. The second-order valence-electron chi connectivity index (χ2n) is 6.68. The zero-order valence-corrected chi connectivity index (χ0v) is 14.6. The van der Waals surface area contributed by atoms with E-state index < -0.39 is 0 Å². The molecule has 4 nitrogen and oxygen atoms in total. The van der Waals surface area contributed by atoms with Crippen molar-refractivity contribution in [2.75, 3.05) is 26.7 Å². The van der Waals surface area contributed by atoms with Crippen molar-refractivity contribution in [2.24, 2.45) is 5.92 Å². The van der Waals surface area contributed by atoms with Gasteiger partial charge in [-0.05, 0) is 49.6 Å². The molecule has 126 valence electrons. The minimum Gasteiger partial charge on any atom is -0.496 e. The Balaban J connectivity index is 1.47. The topological polar surface area (TPSA) is 41.6 Å². The van der Waals surface area contributed by atoms with E-state index in [1.54, 1.807) is 7.11 Å². The summed E-state index contributed by atoms with van der Waals surface area (Å²) in [6.45, 7) is 3.39. The van der Waals surface area contributed by atoms with Crippen molar-refractivity contribution in [1.82, 2.24) is 10.2 Å². The van der Waals surface area contributed by atoms with Crippen LogP contribution in [0.3, 0.4) is 0 Å². The number of rotatable bonds is 4. The van der Waals surface area contributed by atoms with Gasteiger partial charge in [-0.25, -0.2) is 0 Å². The zero-order valence-electron chi connectivity index (χ0n) is 13.8. The van der Waals surface area contributed by atoms with Gasteiger partial charge in [0.15, 0.2) is 0 Å². The highest BCUT2D eigenvalue weighted by Crippen LogP contribution is 2.35. The van der Waals surface area contributed by atoms with Gasteiger partial charge in [-0.2, -0.15) is 0 Å². The number of piperidine rings is 1. The summed E-state index contributed by atoms with van der Waals surface area (Å²) in [6, 6.07) is 12.1. The number of hydrogen-bond acceptors (Lipinski definition) is 4. The first-order chi connectivity index (χ1) is 11.7. The van der Waals surface area contributed by atoms with Gasteiger partial charge in [0.1, 0.15) is 5.75 Å². The molecule has 3 heterocycles. The van der Waals surface area contributed by atoms with Gasteiger partial charge in [0.2, 0.25) is 0 Å². The molecule has 0 saturated carbocycles. The number of nitrogens with one attached hydrogen (secondary N) is 1. The fraction of sp³-hybridized carbons (Fsp3) is 0.421. The highest BCUT2D eigenvalue weighted by atomic mass is 32.1. The Bertz CT molecular complexity index is 730. The predicted octanol–water partition coefficient (Wildman–Crippen LogP) is 3.25. The number of nitrogens with zero attached hydrogens (tertiary/aromatic N) is 1. The van der Waals surface area contributed by atoms with Gasteiger partial charge in [0.05, 0.1) is 12.0 Å². The van der Waals surface area contributed by atoms with Crippen molar-refractivity contribution in [1.29, 1.82) is 0 Å². The largest absolute Gasteiger partial charge is 0.496 e. The van der Waals surface area contributed by atoms with Gasteiger partial charge in [-0.15, -0.1) is 11.3 Å². The van der Waals surface area contributed by atoms with Crippen molar-refractivity contribution in [3.05, 3.63) is 41.3 Å². The minimum absolute atomic E-state index is 0.0497. The normalized spacial score (nSPS) is 25.5. The van der Waals surface area contributed by atoms with Crippen LogP contribution in [-0.2, 0) is 0 Å². The lowest BCUT2D eigenvalue weighted by atomic mass is 9.97.